The summed E-state index contributed by atoms with van der Waals surface area (Å²) in [7, 11) is 0. The van der Waals surface area contributed by atoms with Crippen LogP contribution in [0.5, 0.6) is 0 Å². The number of nitrogens with two attached hydrogens (primary N) is 1. The van der Waals surface area contributed by atoms with Crippen LogP contribution in [0.4, 0.5) is 11.4 Å². The minimum absolute atomic E-state index is 0.182. The predicted molar refractivity (Wildman–Crippen MR) is 84.3 cm³/mol. The molecular formula is C16H19N3O2. The van der Waals surface area contributed by atoms with Gasteiger partial charge >= 0.3 is 0 Å². The third kappa shape index (κ3) is 3.13. The lowest BCUT2D eigenvalue weighted by molar-refractivity contribution is -0.119. The molecule has 3 N–H and O–H groups in total. The van der Waals surface area contributed by atoms with E-state index in [0.717, 1.165) is 5.69 Å². The number of pyridine rings is 1. The van der Waals surface area contributed by atoms with E-state index in [4.69, 9.17) is 5.73 Å². The highest BCUT2D eigenvalue weighted by Crippen LogP contribution is 2.20. The molecule has 0 spiro atoms. The summed E-state index contributed by atoms with van der Waals surface area (Å²) in [6, 6.07) is 11.5. The molecule has 0 saturated heterocycles. The van der Waals surface area contributed by atoms with Gasteiger partial charge in [-0.3, -0.25) is 9.59 Å². The van der Waals surface area contributed by atoms with Crippen LogP contribution in [-0.4, -0.2) is 10.5 Å². The van der Waals surface area contributed by atoms with E-state index in [1.54, 1.807) is 30.3 Å². The average Bonchev–Trinajstić information content (AvgIpc) is 2.45. The average molecular weight is 285 g/mol. The number of amides is 1. The Hall–Kier alpha value is -2.56. The van der Waals surface area contributed by atoms with Gasteiger partial charge in [-0.2, -0.15) is 0 Å². The molecule has 1 aromatic carbocycles. The van der Waals surface area contributed by atoms with Gasteiger partial charge in [0, 0.05) is 11.8 Å². The van der Waals surface area contributed by atoms with Gasteiger partial charge in [-0.05, 0) is 31.5 Å². The molecule has 0 aliphatic carbocycles. The Kier molecular flexibility index (Phi) is 4.42. The number of para-hydroxylation sites is 2. The fourth-order valence-electron chi connectivity index (χ4n) is 2.32. The molecular weight excluding hydrogens is 266 g/mol. The van der Waals surface area contributed by atoms with Crippen LogP contribution in [0.3, 0.4) is 0 Å². The molecule has 2 aromatic rings. The molecule has 110 valence electrons. The van der Waals surface area contributed by atoms with Crippen molar-refractivity contribution in [2.75, 3.05) is 11.1 Å². The number of hydrogen-bond donors (Lipinski definition) is 2. The van der Waals surface area contributed by atoms with Crippen LogP contribution in [0.1, 0.15) is 25.1 Å². The largest absolute Gasteiger partial charge is 0.397 e. The van der Waals surface area contributed by atoms with Gasteiger partial charge in [0.05, 0.1) is 11.4 Å². The molecule has 1 unspecified atom stereocenters. The normalized spacial score (nSPS) is 11.9. The summed E-state index contributed by atoms with van der Waals surface area (Å²) in [4.78, 5) is 24.5. The van der Waals surface area contributed by atoms with Crippen molar-refractivity contribution in [2.24, 2.45) is 0 Å². The van der Waals surface area contributed by atoms with Crippen LogP contribution in [0.25, 0.3) is 0 Å². The quantitative estimate of drug-likeness (QED) is 0.846. The van der Waals surface area contributed by atoms with Crippen LogP contribution in [0.15, 0.2) is 47.3 Å². The number of aryl methyl sites for hydroxylation is 1. The molecule has 5 heteroatoms. The molecule has 1 aromatic heterocycles. The van der Waals surface area contributed by atoms with Gasteiger partial charge in [0.1, 0.15) is 6.04 Å². The summed E-state index contributed by atoms with van der Waals surface area (Å²) in [5, 5.41) is 2.79. The fraction of sp³-hybridized carbons (Fsp3) is 0.250. The first kappa shape index (κ1) is 14.8. The molecule has 1 heterocycles. The van der Waals surface area contributed by atoms with Crippen molar-refractivity contribution in [3.8, 4) is 0 Å². The molecule has 0 radical (unpaired) electrons. The molecule has 0 bridgehead atoms. The van der Waals surface area contributed by atoms with Crippen molar-refractivity contribution in [3.05, 3.63) is 58.5 Å². The second kappa shape index (κ2) is 6.26. The number of hydrogen-bond acceptors (Lipinski definition) is 3. The topological polar surface area (TPSA) is 77.1 Å². The summed E-state index contributed by atoms with van der Waals surface area (Å²) in [5.74, 6) is -0.244. The number of carbonyl (C=O) groups is 1. The highest BCUT2D eigenvalue weighted by molar-refractivity contribution is 5.96. The zero-order valence-electron chi connectivity index (χ0n) is 12.2. The molecule has 2 rings (SSSR count). The highest BCUT2D eigenvalue weighted by atomic mass is 16.2. The zero-order valence-corrected chi connectivity index (χ0v) is 12.2. The van der Waals surface area contributed by atoms with Crippen molar-refractivity contribution in [2.45, 2.75) is 26.3 Å². The number of anilines is 2. The van der Waals surface area contributed by atoms with Crippen molar-refractivity contribution in [1.82, 2.24) is 4.57 Å². The second-order valence-electron chi connectivity index (χ2n) is 4.88. The van der Waals surface area contributed by atoms with E-state index in [1.165, 1.54) is 10.6 Å². The summed E-state index contributed by atoms with van der Waals surface area (Å²) in [6.45, 7) is 3.69. The number of nitrogen functional groups attached to an aromatic ring is 1. The van der Waals surface area contributed by atoms with E-state index in [2.05, 4.69) is 5.32 Å². The maximum absolute atomic E-state index is 12.5. The van der Waals surface area contributed by atoms with Gasteiger partial charge < -0.3 is 15.6 Å². The SMILES string of the molecule is CCC(C(=O)Nc1ccccc1N)n1c(C)cccc1=O. The third-order valence-corrected chi connectivity index (χ3v) is 3.41. The van der Waals surface area contributed by atoms with Gasteiger partial charge in [-0.25, -0.2) is 0 Å². The first-order valence-corrected chi connectivity index (χ1v) is 6.88. The summed E-state index contributed by atoms with van der Waals surface area (Å²) in [6.07, 6.45) is 0.517. The van der Waals surface area contributed by atoms with Crippen molar-refractivity contribution in [3.63, 3.8) is 0 Å². The summed E-state index contributed by atoms with van der Waals surface area (Å²) in [5.41, 5.74) is 7.45. The number of carbonyl (C=O) groups excluding carboxylic acids is 1. The van der Waals surface area contributed by atoms with E-state index < -0.39 is 6.04 Å². The molecule has 0 saturated carbocycles. The van der Waals surface area contributed by atoms with Crippen molar-refractivity contribution < 1.29 is 4.79 Å². The van der Waals surface area contributed by atoms with Gasteiger partial charge in [-0.15, -0.1) is 0 Å². The first-order valence-electron chi connectivity index (χ1n) is 6.88. The van der Waals surface area contributed by atoms with E-state index in [9.17, 15) is 9.59 Å². The van der Waals surface area contributed by atoms with Crippen LogP contribution in [-0.2, 0) is 4.79 Å². The molecule has 0 fully saturated rings. The Bertz CT molecular complexity index is 707. The van der Waals surface area contributed by atoms with E-state index in [-0.39, 0.29) is 11.5 Å². The smallest absolute Gasteiger partial charge is 0.251 e. The fourth-order valence-corrected chi connectivity index (χ4v) is 2.32. The first-order chi connectivity index (χ1) is 10.0. The monoisotopic (exact) mass is 285 g/mol. The Balaban J connectivity index is 2.32. The van der Waals surface area contributed by atoms with Crippen LogP contribution in [0.2, 0.25) is 0 Å². The second-order valence-corrected chi connectivity index (χ2v) is 4.88. The van der Waals surface area contributed by atoms with Gasteiger partial charge in [0.2, 0.25) is 5.91 Å². The maximum atomic E-state index is 12.5. The number of nitrogens with zero attached hydrogens (tertiary/aromatic N) is 1. The lowest BCUT2D eigenvalue weighted by atomic mass is 10.1. The van der Waals surface area contributed by atoms with Crippen molar-refractivity contribution >= 4 is 17.3 Å². The summed E-state index contributed by atoms with van der Waals surface area (Å²) >= 11 is 0. The molecule has 1 amide bonds. The molecule has 21 heavy (non-hydrogen) atoms. The highest BCUT2D eigenvalue weighted by Gasteiger charge is 2.21. The van der Waals surface area contributed by atoms with E-state index in [0.29, 0.717) is 17.8 Å². The molecule has 0 aliphatic heterocycles. The van der Waals surface area contributed by atoms with Gasteiger partial charge in [0.25, 0.3) is 5.56 Å². The zero-order chi connectivity index (χ0) is 15.4. The van der Waals surface area contributed by atoms with Crippen LogP contribution >= 0.6 is 0 Å². The lowest BCUT2D eigenvalue weighted by Gasteiger charge is -2.20. The Labute approximate surface area is 123 Å². The number of aromatic nitrogens is 1. The van der Waals surface area contributed by atoms with Gasteiger partial charge in [0.15, 0.2) is 0 Å². The lowest BCUT2D eigenvalue weighted by Crippen LogP contribution is -2.34. The molecule has 0 aliphatic rings. The van der Waals surface area contributed by atoms with Crippen LogP contribution < -0.4 is 16.6 Å². The van der Waals surface area contributed by atoms with E-state index in [1.807, 2.05) is 19.9 Å². The van der Waals surface area contributed by atoms with Crippen LogP contribution in [0, 0.1) is 6.92 Å². The minimum Gasteiger partial charge on any atom is -0.397 e. The molecule has 1 atom stereocenters. The summed E-state index contributed by atoms with van der Waals surface area (Å²) < 4.78 is 1.51. The Morgan fingerprint density at radius 2 is 1.95 bits per heavy atom. The van der Waals surface area contributed by atoms with E-state index >= 15 is 0 Å². The van der Waals surface area contributed by atoms with Gasteiger partial charge in [-0.1, -0.05) is 25.1 Å². The maximum Gasteiger partial charge on any atom is 0.251 e. The predicted octanol–water partition coefficient (Wildman–Crippen LogP) is 2.33. The molecule has 5 nitrogen and oxygen atoms in total. The number of rotatable bonds is 4. The Morgan fingerprint density at radius 3 is 2.57 bits per heavy atom. The van der Waals surface area contributed by atoms with Crippen molar-refractivity contribution in [1.29, 1.82) is 0 Å². The Morgan fingerprint density at radius 1 is 1.24 bits per heavy atom. The number of nitrogens with one attached hydrogen (secondary N) is 1. The third-order valence-electron chi connectivity index (χ3n) is 3.41. The standard InChI is InChI=1S/C16H19N3O2/c1-3-14(19-11(2)7-6-10-15(19)20)16(21)18-13-9-5-4-8-12(13)17/h4-10,14H,3,17H2,1-2H3,(H,18,21). The minimum atomic E-state index is -0.557. The number of benzene rings is 1.